The van der Waals surface area contributed by atoms with Crippen molar-refractivity contribution in [3.05, 3.63) is 28.4 Å². The van der Waals surface area contributed by atoms with E-state index in [9.17, 15) is 10.1 Å². The minimum Gasteiger partial charge on any atom is -0.382 e. The average molecular weight is 263 g/mol. The van der Waals surface area contributed by atoms with Crippen LogP contribution < -0.4 is 5.32 Å². The van der Waals surface area contributed by atoms with Crippen molar-refractivity contribution in [1.82, 2.24) is 4.98 Å². The summed E-state index contributed by atoms with van der Waals surface area (Å²) >= 11 is 0. The minimum atomic E-state index is -0.479. The van der Waals surface area contributed by atoms with Gasteiger partial charge in [-0.3, -0.25) is 0 Å². The van der Waals surface area contributed by atoms with Crippen LogP contribution in [0.2, 0.25) is 0 Å². The number of hydrogen-bond donors (Lipinski definition) is 1. The summed E-state index contributed by atoms with van der Waals surface area (Å²) in [6.07, 6.45) is 8.07. The average Bonchev–Trinajstić information content (AvgIpc) is 2.41. The van der Waals surface area contributed by atoms with E-state index in [4.69, 9.17) is 0 Å². The monoisotopic (exact) mass is 263 g/mol. The summed E-state index contributed by atoms with van der Waals surface area (Å²) in [4.78, 5) is 13.8. The third kappa shape index (κ3) is 4.19. The van der Waals surface area contributed by atoms with Crippen molar-refractivity contribution in [3.8, 4) is 0 Å². The van der Waals surface area contributed by atoms with Gasteiger partial charge in [-0.15, -0.1) is 0 Å². The van der Waals surface area contributed by atoms with Crippen LogP contribution in [0.4, 0.5) is 11.5 Å². The van der Waals surface area contributed by atoms with Crippen LogP contribution in [-0.2, 0) is 0 Å². The van der Waals surface area contributed by atoms with Crippen molar-refractivity contribution in [2.75, 3.05) is 11.9 Å². The van der Waals surface area contributed by atoms with Crippen molar-refractivity contribution < 1.29 is 4.92 Å². The molecule has 5 nitrogen and oxygen atoms in total. The van der Waals surface area contributed by atoms with Gasteiger partial charge in [0.05, 0.1) is 5.69 Å². The van der Waals surface area contributed by atoms with E-state index in [0.717, 1.165) is 24.1 Å². The summed E-state index contributed by atoms with van der Waals surface area (Å²) in [5.74, 6) is 1.62. The predicted molar refractivity (Wildman–Crippen MR) is 75.1 cm³/mol. The molecule has 0 atom stereocenters. The van der Waals surface area contributed by atoms with Gasteiger partial charge in [0.25, 0.3) is 0 Å². The van der Waals surface area contributed by atoms with Crippen molar-refractivity contribution in [1.29, 1.82) is 0 Å². The van der Waals surface area contributed by atoms with E-state index in [1.54, 1.807) is 6.07 Å². The van der Waals surface area contributed by atoms with E-state index in [2.05, 4.69) is 17.2 Å². The van der Waals surface area contributed by atoms with E-state index in [1.807, 2.05) is 0 Å². The van der Waals surface area contributed by atoms with Gasteiger partial charge in [-0.2, -0.15) is 0 Å². The number of aromatic nitrogens is 1. The minimum absolute atomic E-state index is 0.105. The molecule has 5 heteroatoms. The Bertz CT molecular complexity index is 411. The fraction of sp³-hybridized carbons (Fsp3) is 0.643. The quantitative estimate of drug-likeness (QED) is 0.650. The molecule has 1 fully saturated rings. The molecule has 0 aliphatic heterocycles. The summed E-state index contributed by atoms with van der Waals surface area (Å²) < 4.78 is 0. The standard InChI is InChI=1S/C14H21N3O2/c1-11-2-4-12(5-3-11)8-9-15-13-6-7-14(16-10-13)17(18)19/h6-7,10-12,15H,2-5,8-9H2,1H3. The van der Waals surface area contributed by atoms with E-state index in [0.29, 0.717) is 0 Å². The van der Waals surface area contributed by atoms with Crippen LogP contribution in [0.15, 0.2) is 18.3 Å². The Hall–Kier alpha value is -1.65. The van der Waals surface area contributed by atoms with Crippen LogP contribution in [0, 0.1) is 22.0 Å². The Balaban J connectivity index is 1.72. The molecule has 19 heavy (non-hydrogen) atoms. The Kier molecular flexibility index (Phi) is 4.71. The molecule has 0 unspecified atom stereocenters. The highest BCUT2D eigenvalue weighted by atomic mass is 16.6. The van der Waals surface area contributed by atoms with E-state index < -0.39 is 4.92 Å². The molecular weight excluding hydrogens is 242 g/mol. The summed E-state index contributed by atoms with van der Waals surface area (Å²) in [7, 11) is 0. The maximum atomic E-state index is 10.5. The van der Waals surface area contributed by atoms with Crippen molar-refractivity contribution in [3.63, 3.8) is 0 Å². The SMILES string of the molecule is CC1CCC(CCNc2ccc([N+](=O)[O-])nc2)CC1. The van der Waals surface area contributed by atoms with Crippen molar-refractivity contribution in [2.24, 2.45) is 11.8 Å². The molecule has 0 bridgehead atoms. The van der Waals surface area contributed by atoms with Crippen LogP contribution >= 0.6 is 0 Å². The number of nitrogens with zero attached hydrogens (tertiary/aromatic N) is 2. The number of hydrogen-bond acceptors (Lipinski definition) is 4. The highest BCUT2D eigenvalue weighted by Crippen LogP contribution is 2.30. The van der Waals surface area contributed by atoms with E-state index >= 15 is 0 Å². The molecule has 1 aromatic heterocycles. The summed E-state index contributed by atoms with van der Waals surface area (Å²) in [6.45, 7) is 3.25. The van der Waals surface area contributed by atoms with Gasteiger partial charge in [-0.1, -0.05) is 32.6 Å². The summed E-state index contributed by atoms with van der Waals surface area (Å²) in [6, 6.07) is 3.15. The fourth-order valence-electron chi connectivity index (χ4n) is 2.64. The number of nitrogens with one attached hydrogen (secondary N) is 1. The van der Waals surface area contributed by atoms with Gasteiger partial charge in [-0.25, -0.2) is 0 Å². The highest BCUT2D eigenvalue weighted by Gasteiger charge is 2.17. The lowest BCUT2D eigenvalue weighted by Crippen LogP contribution is -2.15. The third-order valence-electron chi connectivity index (χ3n) is 3.95. The lowest BCUT2D eigenvalue weighted by Gasteiger charge is -2.26. The number of nitro groups is 1. The zero-order valence-corrected chi connectivity index (χ0v) is 11.3. The van der Waals surface area contributed by atoms with Gasteiger partial charge >= 0.3 is 5.82 Å². The van der Waals surface area contributed by atoms with Gasteiger partial charge in [0.15, 0.2) is 6.20 Å². The maximum Gasteiger partial charge on any atom is 0.363 e. The van der Waals surface area contributed by atoms with Gasteiger partial charge < -0.3 is 15.4 Å². The van der Waals surface area contributed by atoms with Gasteiger partial charge in [0.1, 0.15) is 0 Å². The molecule has 1 heterocycles. The first kappa shape index (κ1) is 13.8. The smallest absolute Gasteiger partial charge is 0.363 e. The Labute approximate surface area is 113 Å². The van der Waals surface area contributed by atoms with Gasteiger partial charge in [0.2, 0.25) is 0 Å². The summed E-state index contributed by atoms with van der Waals surface area (Å²) in [5, 5.41) is 13.8. The van der Waals surface area contributed by atoms with Crippen LogP contribution in [0.25, 0.3) is 0 Å². The molecule has 1 saturated carbocycles. The second kappa shape index (κ2) is 6.50. The molecule has 2 rings (SSSR count). The Morgan fingerprint density at radius 3 is 2.68 bits per heavy atom. The first-order valence-electron chi connectivity index (χ1n) is 6.99. The van der Waals surface area contributed by atoms with Crippen molar-refractivity contribution >= 4 is 11.5 Å². The Morgan fingerprint density at radius 1 is 1.37 bits per heavy atom. The lowest BCUT2D eigenvalue weighted by atomic mass is 9.81. The second-order valence-corrected chi connectivity index (χ2v) is 5.50. The van der Waals surface area contributed by atoms with Crippen LogP contribution in [0.5, 0.6) is 0 Å². The predicted octanol–water partition coefficient (Wildman–Crippen LogP) is 3.62. The Morgan fingerprint density at radius 2 is 2.11 bits per heavy atom. The largest absolute Gasteiger partial charge is 0.382 e. The van der Waals surface area contributed by atoms with Crippen LogP contribution in [-0.4, -0.2) is 16.5 Å². The van der Waals surface area contributed by atoms with Gasteiger partial charge in [-0.05, 0) is 34.2 Å². The molecule has 1 aliphatic rings. The molecule has 104 valence electrons. The molecule has 1 N–H and O–H groups in total. The fourth-order valence-corrected chi connectivity index (χ4v) is 2.64. The molecule has 0 saturated heterocycles. The topological polar surface area (TPSA) is 68.1 Å². The molecule has 0 radical (unpaired) electrons. The van der Waals surface area contributed by atoms with Crippen LogP contribution in [0.3, 0.4) is 0 Å². The van der Waals surface area contributed by atoms with Gasteiger partial charge in [0, 0.05) is 12.6 Å². The first-order valence-corrected chi connectivity index (χ1v) is 6.99. The molecule has 0 aromatic carbocycles. The zero-order chi connectivity index (χ0) is 13.7. The number of rotatable bonds is 5. The lowest BCUT2D eigenvalue weighted by molar-refractivity contribution is -0.389. The molecule has 0 amide bonds. The zero-order valence-electron chi connectivity index (χ0n) is 11.3. The van der Waals surface area contributed by atoms with Crippen LogP contribution in [0.1, 0.15) is 39.0 Å². The second-order valence-electron chi connectivity index (χ2n) is 5.50. The molecule has 0 spiro atoms. The molecule has 1 aromatic rings. The third-order valence-corrected chi connectivity index (χ3v) is 3.95. The number of anilines is 1. The number of pyridine rings is 1. The molecule has 1 aliphatic carbocycles. The normalized spacial score (nSPS) is 23.0. The van der Waals surface area contributed by atoms with Crippen molar-refractivity contribution in [2.45, 2.75) is 39.0 Å². The molecular formula is C14H21N3O2. The maximum absolute atomic E-state index is 10.5. The van der Waals surface area contributed by atoms with E-state index in [-0.39, 0.29) is 5.82 Å². The summed E-state index contributed by atoms with van der Waals surface area (Å²) in [5.41, 5.74) is 0.856. The highest BCUT2D eigenvalue weighted by molar-refractivity contribution is 5.43. The first-order chi connectivity index (χ1) is 9.15. The van der Waals surface area contributed by atoms with E-state index in [1.165, 1.54) is 44.4 Å².